The summed E-state index contributed by atoms with van der Waals surface area (Å²) in [5, 5.41) is 9.06. The first-order valence-corrected chi connectivity index (χ1v) is 9.31. The Bertz CT molecular complexity index is 780. The zero-order valence-electron chi connectivity index (χ0n) is 15.8. The molecule has 26 heavy (non-hydrogen) atoms. The Morgan fingerprint density at radius 2 is 1.96 bits per heavy atom. The van der Waals surface area contributed by atoms with Crippen molar-refractivity contribution in [2.24, 2.45) is 5.41 Å². The van der Waals surface area contributed by atoms with Gasteiger partial charge in [-0.2, -0.15) is 0 Å². The average Bonchev–Trinajstić information content (AvgIpc) is 2.90. The van der Waals surface area contributed by atoms with E-state index >= 15 is 0 Å². The van der Waals surface area contributed by atoms with E-state index in [-0.39, 0.29) is 22.5 Å². The first-order chi connectivity index (χ1) is 12.1. The first-order valence-electron chi connectivity index (χ1n) is 8.43. The lowest BCUT2D eigenvalue weighted by Crippen LogP contribution is -2.22. The Morgan fingerprint density at radius 1 is 1.23 bits per heavy atom. The molecule has 0 aliphatic carbocycles. The van der Waals surface area contributed by atoms with Gasteiger partial charge in [-0.3, -0.25) is 9.59 Å². The molecule has 7 heteroatoms. The van der Waals surface area contributed by atoms with Gasteiger partial charge >= 0.3 is 0 Å². The Hall–Kier alpha value is -2.28. The van der Waals surface area contributed by atoms with Crippen molar-refractivity contribution < 1.29 is 14.1 Å². The minimum atomic E-state index is -0.326. The van der Waals surface area contributed by atoms with Crippen LogP contribution in [0.15, 0.2) is 39.8 Å². The predicted octanol–water partition coefficient (Wildman–Crippen LogP) is 4.48. The minimum Gasteiger partial charge on any atom is -0.360 e. The van der Waals surface area contributed by atoms with Crippen molar-refractivity contribution in [3.8, 4) is 0 Å². The zero-order valence-corrected chi connectivity index (χ0v) is 16.6. The molecule has 1 aromatic heterocycles. The normalized spacial score (nSPS) is 12.5. The van der Waals surface area contributed by atoms with E-state index in [1.807, 2.05) is 52.0 Å². The van der Waals surface area contributed by atoms with Crippen molar-refractivity contribution in [3.63, 3.8) is 0 Å². The van der Waals surface area contributed by atoms with Gasteiger partial charge in [-0.25, -0.2) is 0 Å². The fourth-order valence-electron chi connectivity index (χ4n) is 2.24. The zero-order chi connectivity index (χ0) is 19.3. The number of aryl methyl sites for hydroxylation is 1. The summed E-state index contributed by atoms with van der Waals surface area (Å²) in [6.07, 6.45) is 0.445. The van der Waals surface area contributed by atoms with Crippen LogP contribution in [0.2, 0.25) is 0 Å². The first kappa shape index (κ1) is 20.0. The number of anilines is 2. The molecule has 0 saturated heterocycles. The Kier molecular flexibility index (Phi) is 6.47. The van der Waals surface area contributed by atoms with Gasteiger partial charge < -0.3 is 15.2 Å². The van der Waals surface area contributed by atoms with Crippen LogP contribution < -0.4 is 10.6 Å². The van der Waals surface area contributed by atoms with Crippen LogP contribution in [-0.4, -0.2) is 22.2 Å². The molecule has 0 saturated carbocycles. The summed E-state index contributed by atoms with van der Waals surface area (Å²) in [6.45, 7) is 9.65. The van der Waals surface area contributed by atoms with E-state index in [1.54, 1.807) is 13.0 Å². The van der Waals surface area contributed by atoms with Gasteiger partial charge in [0.25, 0.3) is 0 Å². The van der Waals surface area contributed by atoms with E-state index in [2.05, 4.69) is 15.8 Å². The molecule has 0 spiro atoms. The van der Waals surface area contributed by atoms with Crippen molar-refractivity contribution in [2.45, 2.75) is 51.2 Å². The molecule has 2 aromatic rings. The highest BCUT2D eigenvalue weighted by Gasteiger charge is 2.18. The molecule has 0 bridgehead atoms. The maximum atomic E-state index is 12.3. The molecule has 1 atom stereocenters. The second-order valence-electron chi connectivity index (χ2n) is 7.39. The molecule has 1 unspecified atom stereocenters. The van der Waals surface area contributed by atoms with Crippen molar-refractivity contribution in [1.82, 2.24) is 5.16 Å². The third-order valence-electron chi connectivity index (χ3n) is 3.37. The third-order valence-corrected chi connectivity index (χ3v) is 4.46. The van der Waals surface area contributed by atoms with E-state index in [0.29, 0.717) is 18.0 Å². The Balaban J connectivity index is 1.94. The van der Waals surface area contributed by atoms with E-state index in [4.69, 9.17) is 4.52 Å². The number of amides is 2. The van der Waals surface area contributed by atoms with E-state index in [1.165, 1.54) is 11.8 Å². The van der Waals surface area contributed by atoms with Crippen molar-refractivity contribution in [3.05, 3.63) is 36.1 Å². The molecule has 140 valence electrons. The third kappa shape index (κ3) is 6.55. The van der Waals surface area contributed by atoms with E-state index < -0.39 is 0 Å². The maximum Gasteiger partial charge on any atom is 0.238 e. The van der Waals surface area contributed by atoms with Gasteiger partial charge in [0.1, 0.15) is 5.76 Å². The Labute approximate surface area is 158 Å². The van der Waals surface area contributed by atoms with E-state index in [0.717, 1.165) is 10.6 Å². The summed E-state index contributed by atoms with van der Waals surface area (Å²) in [5.74, 6) is 0.861. The second-order valence-corrected chi connectivity index (χ2v) is 8.80. The SMILES string of the molecule is Cc1cc(NC(=O)C(C)Sc2cccc(NC(=O)CC(C)(C)C)c2)no1. The summed E-state index contributed by atoms with van der Waals surface area (Å²) in [4.78, 5) is 25.2. The van der Waals surface area contributed by atoms with Gasteiger partial charge in [0.2, 0.25) is 11.8 Å². The van der Waals surface area contributed by atoms with Crippen molar-refractivity contribution in [2.75, 3.05) is 10.6 Å². The lowest BCUT2D eigenvalue weighted by atomic mass is 9.92. The maximum absolute atomic E-state index is 12.3. The number of nitrogens with zero attached hydrogens (tertiary/aromatic N) is 1. The number of benzene rings is 1. The Morgan fingerprint density at radius 3 is 2.58 bits per heavy atom. The topological polar surface area (TPSA) is 84.2 Å². The second kappa shape index (κ2) is 8.40. The largest absolute Gasteiger partial charge is 0.360 e. The fourth-order valence-corrected chi connectivity index (χ4v) is 3.17. The highest BCUT2D eigenvalue weighted by molar-refractivity contribution is 8.00. The van der Waals surface area contributed by atoms with Crippen LogP contribution in [0.5, 0.6) is 0 Å². The number of rotatable bonds is 6. The minimum absolute atomic E-state index is 0.0214. The van der Waals surface area contributed by atoms with Gasteiger partial charge in [0.15, 0.2) is 5.82 Å². The monoisotopic (exact) mass is 375 g/mol. The van der Waals surface area contributed by atoms with Gasteiger partial charge in [0.05, 0.1) is 5.25 Å². The summed E-state index contributed by atoms with van der Waals surface area (Å²) in [5.41, 5.74) is 0.659. The summed E-state index contributed by atoms with van der Waals surface area (Å²) >= 11 is 1.41. The van der Waals surface area contributed by atoms with Crippen LogP contribution in [0.1, 0.15) is 39.9 Å². The number of thioether (sulfide) groups is 1. The number of carbonyl (C=O) groups excluding carboxylic acids is 2. The van der Waals surface area contributed by atoms with E-state index in [9.17, 15) is 9.59 Å². The number of hydrogen-bond donors (Lipinski definition) is 2. The van der Waals surface area contributed by atoms with Gasteiger partial charge in [-0.15, -0.1) is 11.8 Å². The van der Waals surface area contributed by atoms with Crippen LogP contribution in [0.3, 0.4) is 0 Å². The van der Waals surface area contributed by atoms with Gasteiger partial charge in [-0.05, 0) is 37.5 Å². The van der Waals surface area contributed by atoms with Crippen LogP contribution in [0, 0.1) is 12.3 Å². The molecule has 1 aromatic carbocycles. The molecule has 0 aliphatic heterocycles. The standard InChI is InChI=1S/C19H25N3O3S/c1-12-9-16(22-25-12)21-18(24)13(2)26-15-8-6-7-14(10-15)20-17(23)11-19(3,4)5/h6-10,13H,11H2,1-5H3,(H,20,23)(H,21,22,24). The summed E-state index contributed by atoms with van der Waals surface area (Å²) < 4.78 is 4.94. The molecule has 0 aliphatic rings. The number of carbonyl (C=O) groups is 2. The molecular weight excluding hydrogens is 350 g/mol. The quantitative estimate of drug-likeness (QED) is 0.727. The molecule has 0 fully saturated rings. The van der Waals surface area contributed by atoms with Crippen LogP contribution in [0.4, 0.5) is 11.5 Å². The number of nitrogens with one attached hydrogen (secondary N) is 2. The summed E-state index contributed by atoms with van der Waals surface area (Å²) in [6, 6.07) is 9.15. The predicted molar refractivity (Wildman–Crippen MR) is 104 cm³/mol. The lowest BCUT2D eigenvalue weighted by Gasteiger charge is -2.17. The average molecular weight is 375 g/mol. The molecule has 2 amide bonds. The fraction of sp³-hybridized carbons (Fsp3) is 0.421. The van der Waals surface area contributed by atoms with Crippen LogP contribution in [-0.2, 0) is 9.59 Å². The lowest BCUT2D eigenvalue weighted by molar-refractivity contribution is -0.118. The molecule has 2 N–H and O–H groups in total. The van der Waals surface area contributed by atoms with Crippen LogP contribution >= 0.6 is 11.8 Å². The number of hydrogen-bond acceptors (Lipinski definition) is 5. The van der Waals surface area contributed by atoms with Gasteiger partial charge in [-0.1, -0.05) is 32.0 Å². The highest BCUT2D eigenvalue weighted by Crippen LogP contribution is 2.27. The van der Waals surface area contributed by atoms with Crippen molar-refractivity contribution >= 4 is 35.1 Å². The van der Waals surface area contributed by atoms with Crippen LogP contribution in [0.25, 0.3) is 0 Å². The molecular formula is C19H25N3O3S. The smallest absolute Gasteiger partial charge is 0.238 e. The molecule has 0 radical (unpaired) electrons. The van der Waals surface area contributed by atoms with Crippen molar-refractivity contribution in [1.29, 1.82) is 0 Å². The molecule has 6 nitrogen and oxygen atoms in total. The highest BCUT2D eigenvalue weighted by atomic mass is 32.2. The summed E-state index contributed by atoms with van der Waals surface area (Å²) in [7, 11) is 0. The molecule has 1 heterocycles. The molecule has 2 rings (SSSR count). The van der Waals surface area contributed by atoms with Gasteiger partial charge in [0, 0.05) is 23.1 Å². The number of aromatic nitrogens is 1.